The molecule has 1 aromatic carbocycles. The number of Topliss-reactive ketones (excluding diaryl/α,β-unsaturated/α-hetero) is 1. The fourth-order valence-corrected chi connectivity index (χ4v) is 6.93. The van der Waals surface area contributed by atoms with Crippen molar-refractivity contribution in [2.24, 2.45) is 31.8 Å². The van der Waals surface area contributed by atoms with Gasteiger partial charge in [-0.1, -0.05) is 30.3 Å². The first-order valence-corrected chi connectivity index (χ1v) is 13.7. The molecule has 5 rings (SSSR count). The second kappa shape index (κ2) is 10.4. The van der Waals surface area contributed by atoms with E-state index in [-0.39, 0.29) is 35.5 Å². The first kappa shape index (κ1) is 26.2. The van der Waals surface area contributed by atoms with Crippen LogP contribution in [0.25, 0.3) is 0 Å². The molecule has 0 saturated heterocycles. The Labute approximate surface area is 223 Å². The van der Waals surface area contributed by atoms with E-state index in [0.717, 1.165) is 33.2 Å². The number of hydrogen-bond donors (Lipinski definition) is 1. The number of benzene rings is 1. The second-order valence-electron chi connectivity index (χ2n) is 10.2. The summed E-state index contributed by atoms with van der Waals surface area (Å²) in [6, 6.07) is 6.23. The Kier molecular flexibility index (Phi) is 7.17. The molecular formula is C26H31FN6O4S. The van der Waals surface area contributed by atoms with Gasteiger partial charge in [-0.05, 0) is 56.1 Å². The molecule has 12 heteroatoms. The van der Waals surface area contributed by atoms with Gasteiger partial charge in [-0.3, -0.25) is 23.3 Å². The van der Waals surface area contributed by atoms with Crippen LogP contribution in [-0.2, 0) is 20.7 Å². The van der Waals surface area contributed by atoms with Crippen LogP contribution in [0.4, 0.5) is 10.2 Å². The molecule has 0 radical (unpaired) electrons. The quantitative estimate of drug-likeness (QED) is 0.323. The van der Waals surface area contributed by atoms with Crippen LogP contribution < -0.4 is 21.7 Å². The third-order valence-corrected chi connectivity index (χ3v) is 9.01. The summed E-state index contributed by atoms with van der Waals surface area (Å²) in [6.07, 6.45) is 4.84. The fraction of sp³-hybridized carbons (Fsp3) is 0.500. The Morgan fingerprint density at radius 1 is 1.18 bits per heavy atom. The van der Waals surface area contributed by atoms with Gasteiger partial charge < -0.3 is 10.5 Å². The smallest absolute Gasteiger partial charge is 0.332 e. The molecule has 202 valence electrons. The lowest BCUT2D eigenvalue weighted by Crippen LogP contribution is -2.41. The normalized spacial score (nSPS) is 21.1. The Hall–Kier alpha value is -3.41. The Morgan fingerprint density at radius 3 is 2.63 bits per heavy atom. The number of carbonyl (C=O) groups is 1. The van der Waals surface area contributed by atoms with E-state index in [1.807, 2.05) is 4.57 Å². The summed E-state index contributed by atoms with van der Waals surface area (Å²) in [4.78, 5) is 37.9. The van der Waals surface area contributed by atoms with Gasteiger partial charge in [0.25, 0.3) is 5.56 Å². The summed E-state index contributed by atoms with van der Waals surface area (Å²) in [5, 5.41) is 9.20. The maximum Gasteiger partial charge on any atom is 0.332 e. The highest BCUT2D eigenvalue weighted by atomic mass is 32.2. The van der Waals surface area contributed by atoms with E-state index in [2.05, 4.69) is 17.1 Å². The van der Waals surface area contributed by atoms with Crippen molar-refractivity contribution in [3.8, 4) is 5.75 Å². The molecule has 0 aliphatic heterocycles. The number of ketones is 1. The number of nitrogen functional groups attached to an aromatic ring is 1. The van der Waals surface area contributed by atoms with Gasteiger partial charge in [0.15, 0.2) is 28.3 Å². The first-order chi connectivity index (χ1) is 18.2. The van der Waals surface area contributed by atoms with Crippen molar-refractivity contribution in [3.05, 3.63) is 62.3 Å². The van der Waals surface area contributed by atoms with E-state index in [1.54, 1.807) is 18.2 Å². The molecule has 3 aromatic rings. The van der Waals surface area contributed by atoms with Crippen molar-refractivity contribution in [3.63, 3.8) is 0 Å². The zero-order chi connectivity index (χ0) is 27.1. The van der Waals surface area contributed by atoms with Crippen LogP contribution in [0.5, 0.6) is 5.75 Å². The molecule has 2 aliphatic carbocycles. The topological polar surface area (TPSA) is 127 Å². The van der Waals surface area contributed by atoms with Gasteiger partial charge in [0.05, 0.1) is 5.75 Å². The van der Waals surface area contributed by atoms with E-state index in [9.17, 15) is 18.8 Å². The van der Waals surface area contributed by atoms with Gasteiger partial charge in [-0.2, -0.15) is 0 Å². The number of thioether (sulfide) groups is 1. The van der Waals surface area contributed by atoms with Crippen molar-refractivity contribution in [1.29, 1.82) is 0 Å². The third-order valence-electron chi connectivity index (χ3n) is 8.07. The number of anilines is 1. The van der Waals surface area contributed by atoms with E-state index in [1.165, 1.54) is 39.4 Å². The number of halogens is 1. The highest BCUT2D eigenvalue weighted by Crippen LogP contribution is 2.52. The maximum absolute atomic E-state index is 14.2. The van der Waals surface area contributed by atoms with E-state index >= 15 is 0 Å². The predicted octanol–water partition coefficient (Wildman–Crippen LogP) is 2.95. The molecule has 10 nitrogen and oxygen atoms in total. The van der Waals surface area contributed by atoms with Crippen LogP contribution in [0, 0.1) is 23.6 Å². The van der Waals surface area contributed by atoms with Crippen LogP contribution in [-0.4, -0.2) is 35.4 Å². The molecule has 0 amide bonds. The zero-order valence-corrected chi connectivity index (χ0v) is 22.4. The number of ether oxygens (including phenoxy) is 1. The van der Waals surface area contributed by atoms with E-state index in [0.29, 0.717) is 22.8 Å². The summed E-state index contributed by atoms with van der Waals surface area (Å²) in [7, 11) is 2.72. The number of fused-ring (bicyclic) bond motifs is 2. The van der Waals surface area contributed by atoms with Crippen molar-refractivity contribution < 1.29 is 13.9 Å². The van der Waals surface area contributed by atoms with E-state index in [4.69, 9.17) is 10.5 Å². The van der Waals surface area contributed by atoms with Gasteiger partial charge >= 0.3 is 5.69 Å². The molecule has 0 unspecified atom stereocenters. The predicted molar refractivity (Wildman–Crippen MR) is 141 cm³/mol. The Balaban J connectivity index is 1.41. The molecule has 2 saturated carbocycles. The fourth-order valence-electron chi connectivity index (χ4n) is 6.02. The number of para-hydroxylation sites is 1. The molecule has 38 heavy (non-hydrogen) atoms. The van der Waals surface area contributed by atoms with Crippen LogP contribution in [0.3, 0.4) is 0 Å². The van der Waals surface area contributed by atoms with Crippen LogP contribution in [0.1, 0.15) is 54.8 Å². The Morgan fingerprint density at radius 2 is 1.95 bits per heavy atom. The van der Waals surface area contributed by atoms with Crippen molar-refractivity contribution in [2.75, 3.05) is 11.5 Å². The highest BCUT2D eigenvalue weighted by Gasteiger charge is 2.43. The average Bonchev–Trinajstić information content (AvgIpc) is 3.65. The van der Waals surface area contributed by atoms with Gasteiger partial charge in [0, 0.05) is 20.1 Å². The highest BCUT2D eigenvalue weighted by molar-refractivity contribution is 7.99. The zero-order valence-electron chi connectivity index (χ0n) is 21.6. The number of nitrogens with zero attached hydrogens (tertiary/aromatic N) is 5. The maximum atomic E-state index is 14.2. The molecule has 2 heterocycles. The van der Waals surface area contributed by atoms with Gasteiger partial charge in [0.1, 0.15) is 18.0 Å². The van der Waals surface area contributed by atoms with Crippen LogP contribution in [0.15, 0.2) is 39.0 Å². The lowest BCUT2D eigenvalue weighted by atomic mass is 9.84. The minimum atomic E-state index is -0.730. The molecule has 0 spiro atoms. The SMILES string of the molecule is C[C@H]([C@@H]1C[C@H]2CC[C@H]1C2)n1c(COc2ccccc2F)nnc1SCC(=O)c1c(N)n(C)c(=O)n(C)c1=O. The van der Waals surface area contributed by atoms with Crippen molar-refractivity contribution >= 4 is 23.4 Å². The van der Waals surface area contributed by atoms with Crippen molar-refractivity contribution in [2.45, 2.75) is 50.4 Å². The monoisotopic (exact) mass is 542 g/mol. The summed E-state index contributed by atoms with van der Waals surface area (Å²) >= 11 is 1.16. The molecule has 4 atom stereocenters. The summed E-state index contributed by atoms with van der Waals surface area (Å²) < 4.78 is 23.8. The third kappa shape index (κ3) is 4.65. The number of hydrogen-bond acceptors (Lipinski definition) is 8. The van der Waals surface area contributed by atoms with E-state index < -0.39 is 22.8 Å². The minimum Gasteiger partial charge on any atom is -0.483 e. The molecule has 2 aromatic heterocycles. The molecule has 2 aliphatic rings. The van der Waals surface area contributed by atoms with Crippen LogP contribution in [0.2, 0.25) is 0 Å². The van der Waals surface area contributed by atoms with Crippen LogP contribution >= 0.6 is 11.8 Å². The largest absolute Gasteiger partial charge is 0.483 e. The number of rotatable bonds is 9. The summed E-state index contributed by atoms with van der Waals surface area (Å²) in [6.45, 7) is 2.15. The molecule has 2 bridgehead atoms. The minimum absolute atomic E-state index is 0.0158. The second-order valence-corrected chi connectivity index (χ2v) is 11.2. The summed E-state index contributed by atoms with van der Waals surface area (Å²) in [5.74, 6) is 1.22. The average molecular weight is 543 g/mol. The van der Waals surface area contributed by atoms with Gasteiger partial charge in [0.2, 0.25) is 0 Å². The van der Waals surface area contributed by atoms with Gasteiger partial charge in [-0.25, -0.2) is 9.18 Å². The first-order valence-electron chi connectivity index (χ1n) is 12.7. The van der Waals surface area contributed by atoms with Gasteiger partial charge in [-0.15, -0.1) is 10.2 Å². The number of carbonyl (C=O) groups excluding carboxylic acids is 1. The molecular weight excluding hydrogens is 511 g/mol. The molecule has 2 fully saturated rings. The lowest BCUT2D eigenvalue weighted by Gasteiger charge is -2.30. The van der Waals surface area contributed by atoms with Crippen molar-refractivity contribution in [1.82, 2.24) is 23.9 Å². The molecule has 2 N–H and O–H groups in total. The number of nitrogens with two attached hydrogens (primary N) is 1. The summed E-state index contributed by atoms with van der Waals surface area (Å²) in [5.41, 5.74) is 4.41. The standard InChI is InChI=1S/C26H31FN6O4S/c1-14(17-11-15-8-9-16(17)10-15)33-21(12-37-20-7-5-4-6-18(20)27)29-30-25(33)38-13-19(34)22-23(28)31(2)26(36)32(3)24(22)35/h4-7,14-17H,8-13,28H2,1-3H3/t14-,15+,16+,17+/m1/s1. The Bertz CT molecular complexity index is 1500. The lowest BCUT2D eigenvalue weighted by molar-refractivity contribution is 0.102. The number of aromatic nitrogens is 5.